The van der Waals surface area contributed by atoms with Crippen LogP contribution in [0.3, 0.4) is 0 Å². The van der Waals surface area contributed by atoms with Crippen LogP contribution in [-0.4, -0.2) is 46.3 Å². The molecule has 0 aliphatic rings. The van der Waals surface area contributed by atoms with E-state index in [1.807, 2.05) is 25.1 Å². The van der Waals surface area contributed by atoms with E-state index in [0.717, 1.165) is 23.4 Å². The van der Waals surface area contributed by atoms with E-state index in [1.165, 1.54) is 4.70 Å². The molecule has 0 radical (unpaired) electrons. The molecule has 1 aromatic carbocycles. The lowest BCUT2D eigenvalue weighted by Crippen LogP contribution is -2.47. The molecule has 2 N–H and O–H groups in total. The summed E-state index contributed by atoms with van der Waals surface area (Å²) in [6.07, 6.45) is 1.71. The number of urea groups is 1. The second kappa shape index (κ2) is 7.75. The number of aliphatic hydroxyl groups is 1. The molecule has 23 heavy (non-hydrogen) atoms. The number of fused-ring (bicyclic) bond motifs is 1. The van der Waals surface area contributed by atoms with Crippen molar-refractivity contribution in [3.8, 4) is 0 Å². The largest absolute Gasteiger partial charge is 0.389 e. The van der Waals surface area contributed by atoms with Gasteiger partial charge in [-0.25, -0.2) is 9.78 Å². The van der Waals surface area contributed by atoms with Crippen molar-refractivity contribution in [2.75, 3.05) is 19.6 Å². The van der Waals surface area contributed by atoms with Crippen LogP contribution in [0.15, 0.2) is 24.3 Å². The minimum Gasteiger partial charge on any atom is -0.389 e. The Morgan fingerprint density at radius 3 is 2.78 bits per heavy atom. The van der Waals surface area contributed by atoms with E-state index in [4.69, 9.17) is 0 Å². The van der Waals surface area contributed by atoms with Crippen molar-refractivity contribution in [1.29, 1.82) is 0 Å². The Hall–Kier alpha value is -1.66. The van der Waals surface area contributed by atoms with Crippen molar-refractivity contribution in [3.05, 3.63) is 29.3 Å². The Balaban J connectivity index is 1.76. The Bertz CT molecular complexity index is 616. The van der Waals surface area contributed by atoms with Gasteiger partial charge in [-0.3, -0.25) is 0 Å². The second-order valence-electron chi connectivity index (χ2n) is 6.24. The maximum atomic E-state index is 12.1. The van der Waals surface area contributed by atoms with Gasteiger partial charge in [-0.2, -0.15) is 0 Å². The Kier molecular flexibility index (Phi) is 5.96. The molecule has 0 aliphatic carbocycles. The Morgan fingerprint density at radius 2 is 2.13 bits per heavy atom. The van der Waals surface area contributed by atoms with E-state index in [-0.39, 0.29) is 6.03 Å². The van der Waals surface area contributed by atoms with Gasteiger partial charge in [0.05, 0.1) is 27.4 Å². The van der Waals surface area contributed by atoms with Gasteiger partial charge in [-0.15, -0.1) is 11.3 Å². The first kappa shape index (κ1) is 17.7. The molecule has 0 spiro atoms. The monoisotopic (exact) mass is 335 g/mol. The normalized spacial score (nSPS) is 11.7. The number of nitrogens with zero attached hydrogens (tertiary/aromatic N) is 2. The number of rotatable bonds is 7. The number of hydrogen-bond acceptors (Lipinski definition) is 4. The fraction of sp³-hybridized carbons (Fsp3) is 0.529. The van der Waals surface area contributed by atoms with E-state index < -0.39 is 5.60 Å². The molecule has 0 fully saturated rings. The quantitative estimate of drug-likeness (QED) is 0.764. The first-order valence-electron chi connectivity index (χ1n) is 7.98. The molecule has 2 amide bonds. The first-order chi connectivity index (χ1) is 10.9. The lowest BCUT2D eigenvalue weighted by atomic mass is 10.1. The van der Waals surface area contributed by atoms with Gasteiger partial charge in [0.15, 0.2) is 0 Å². The second-order valence-corrected chi connectivity index (χ2v) is 7.35. The van der Waals surface area contributed by atoms with Crippen molar-refractivity contribution in [2.24, 2.45) is 0 Å². The molecule has 0 saturated heterocycles. The molecular weight excluding hydrogens is 310 g/mol. The molecule has 0 aliphatic heterocycles. The van der Waals surface area contributed by atoms with Gasteiger partial charge >= 0.3 is 6.03 Å². The van der Waals surface area contributed by atoms with E-state index >= 15 is 0 Å². The van der Waals surface area contributed by atoms with E-state index in [9.17, 15) is 9.90 Å². The number of likely N-dealkylation sites (N-methyl/N-ethyl adjacent to an activating group) is 1. The highest BCUT2D eigenvalue weighted by atomic mass is 32.1. The fourth-order valence-corrected chi connectivity index (χ4v) is 3.38. The number of para-hydroxylation sites is 1. The molecule has 0 bridgehead atoms. The van der Waals surface area contributed by atoms with Crippen molar-refractivity contribution >= 4 is 27.6 Å². The highest BCUT2D eigenvalue weighted by Crippen LogP contribution is 2.22. The number of hydrogen-bond donors (Lipinski definition) is 2. The Labute approximate surface area is 141 Å². The molecule has 0 atom stereocenters. The van der Waals surface area contributed by atoms with Crippen molar-refractivity contribution in [1.82, 2.24) is 15.2 Å². The van der Waals surface area contributed by atoms with E-state index in [0.29, 0.717) is 19.6 Å². The fourth-order valence-electron chi connectivity index (χ4n) is 2.37. The van der Waals surface area contributed by atoms with Crippen molar-refractivity contribution in [2.45, 2.75) is 39.2 Å². The minimum atomic E-state index is -0.881. The predicted octanol–water partition coefficient (Wildman–Crippen LogP) is 3.03. The molecule has 0 unspecified atom stereocenters. The lowest BCUT2D eigenvalue weighted by molar-refractivity contribution is 0.0480. The van der Waals surface area contributed by atoms with Gasteiger partial charge in [0.2, 0.25) is 0 Å². The summed E-state index contributed by atoms with van der Waals surface area (Å²) in [7, 11) is 0. The number of aryl methyl sites for hydroxylation is 1. The summed E-state index contributed by atoms with van der Waals surface area (Å²) in [5.41, 5.74) is 0.160. The third-order valence-corrected chi connectivity index (χ3v) is 4.52. The maximum Gasteiger partial charge on any atom is 0.317 e. The number of aromatic nitrogens is 1. The zero-order valence-corrected chi connectivity index (χ0v) is 14.8. The highest BCUT2D eigenvalue weighted by Gasteiger charge is 2.20. The van der Waals surface area contributed by atoms with Crippen LogP contribution < -0.4 is 5.32 Å². The van der Waals surface area contributed by atoms with Crippen LogP contribution in [0.1, 0.15) is 32.2 Å². The summed E-state index contributed by atoms with van der Waals surface area (Å²) in [6, 6.07) is 7.99. The summed E-state index contributed by atoms with van der Waals surface area (Å²) >= 11 is 1.71. The lowest BCUT2D eigenvalue weighted by Gasteiger charge is -2.28. The average molecular weight is 335 g/mol. The Morgan fingerprint density at radius 1 is 1.39 bits per heavy atom. The van der Waals surface area contributed by atoms with Gasteiger partial charge in [0.25, 0.3) is 0 Å². The number of nitrogens with one attached hydrogen (secondary N) is 1. The average Bonchev–Trinajstić information content (AvgIpc) is 2.90. The van der Waals surface area contributed by atoms with E-state index in [2.05, 4.69) is 16.4 Å². The molecule has 5 nitrogen and oxygen atoms in total. The summed E-state index contributed by atoms with van der Waals surface area (Å²) in [5.74, 6) is 0. The van der Waals surface area contributed by atoms with Crippen LogP contribution in [-0.2, 0) is 6.42 Å². The highest BCUT2D eigenvalue weighted by molar-refractivity contribution is 7.18. The van der Waals surface area contributed by atoms with E-state index in [1.54, 1.807) is 30.1 Å². The predicted molar refractivity (Wildman–Crippen MR) is 94.9 cm³/mol. The number of carbonyl (C=O) groups excluding carboxylic acids is 1. The zero-order valence-electron chi connectivity index (χ0n) is 14.0. The van der Waals surface area contributed by atoms with Gasteiger partial charge < -0.3 is 15.3 Å². The van der Waals surface area contributed by atoms with Crippen molar-refractivity contribution < 1.29 is 9.90 Å². The summed E-state index contributed by atoms with van der Waals surface area (Å²) in [4.78, 5) is 18.3. The number of thiazole rings is 1. The molecule has 1 heterocycles. The van der Waals surface area contributed by atoms with Gasteiger partial charge in [0.1, 0.15) is 0 Å². The SMILES string of the molecule is CCN(CC(C)(C)O)C(=O)NCCCc1nc2ccccc2s1. The molecule has 0 saturated carbocycles. The standard InChI is InChI=1S/C17H25N3O2S/c1-4-20(12-17(2,3)22)16(21)18-11-7-10-15-19-13-8-5-6-9-14(13)23-15/h5-6,8-9,22H,4,7,10-12H2,1-3H3,(H,18,21). The van der Waals surface area contributed by atoms with Crippen LogP contribution in [0.4, 0.5) is 4.79 Å². The van der Waals surface area contributed by atoms with Gasteiger partial charge in [-0.05, 0) is 39.3 Å². The number of carbonyl (C=O) groups is 1. The topological polar surface area (TPSA) is 65.5 Å². The first-order valence-corrected chi connectivity index (χ1v) is 8.80. The van der Waals surface area contributed by atoms with Crippen LogP contribution in [0, 0.1) is 0 Å². The minimum absolute atomic E-state index is 0.126. The third-order valence-electron chi connectivity index (χ3n) is 3.43. The van der Waals surface area contributed by atoms with Gasteiger partial charge in [-0.1, -0.05) is 12.1 Å². The zero-order chi connectivity index (χ0) is 16.9. The third kappa shape index (κ3) is 5.48. The summed E-state index contributed by atoms with van der Waals surface area (Å²) in [5, 5.41) is 13.8. The maximum absolute atomic E-state index is 12.1. The van der Waals surface area contributed by atoms with Crippen LogP contribution in [0.2, 0.25) is 0 Å². The number of amides is 2. The van der Waals surface area contributed by atoms with Crippen LogP contribution >= 0.6 is 11.3 Å². The number of benzene rings is 1. The molecule has 2 rings (SSSR count). The smallest absolute Gasteiger partial charge is 0.317 e. The summed E-state index contributed by atoms with van der Waals surface area (Å²) in [6.45, 7) is 6.83. The molecule has 1 aromatic heterocycles. The van der Waals surface area contributed by atoms with Crippen LogP contribution in [0.5, 0.6) is 0 Å². The van der Waals surface area contributed by atoms with Gasteiger partial charge in [0, 0.05) is 19.5 Å². The molecular formula is C17H25N3O2S. The molecule has 126 valence electrons. The molecule has 6 heteroatoms. The summed E-state index contributed by atoms with van der Waals surface area (Å²) < 4.78 is 1.20. The molecule has 2 aromatic rings. The van der Waals surface area contributed by atoms with Crippen molar-refractivity contribution in [3.63, 3.8) is 0 Å². The van der Waals surface area contributed by atoms with Crippen LogP contribution in [0.25, 0.3) is 10.2 Å².